The van der Waals surface area contributed by atoms with Gasteiger partial charge in [0.2, 0.25) is 5.88 Å². The second-order valence-corrected chi connectivity index (χ2v) is 2.78. The van der Waals surface area contributed by atoms with Gasteiger partial charge >= 0.3 is 6.18 Å². The molecule has 1 rings (SSSR count). The van der Waals surface area contributed by atoms with Gasteiger partial charge < -0.3 is 4.74 Å². The quantitative estimate of drug-likeness (QED) is 0.796. The fourth-order valence-corrected chi connectivity index (χ4v) is 0.781. The molecule has 7 heteroatoms. The standard InChI is InChI=1S/C5H4BrF3N2O/c6-11-1-4(10-3-11)12-2-5(7,8)9/h1,3H,2H2. The van der Waals surface area contributed by atoms with Gasteiger partial charge in [0.1, 0.15) is 6.33 Å². The molecule has 0 spiro atoms. The summed E-state index contributed by atoms with van der Waals surface area (Å²) in [6.45, 7) is -1.32. The Hall–Kier alpha value is -0.720. The zero-order valence-corrected chi connectivity index (χ0v) is 7.26. The number of nitrogens with zero attached hydrogens (tertiary/aromatic N) is 2. The zero-order chi connectivity index (χ0) is 9.19. The summed E-state index contributed by atoms with van der Waals surface area (Å²) in [5.41, 5.74) is 0. The number of hydrogen-bond acceptors (Lipinski definition) is 2. The molecular weight excluding hydrogens is 241 g/mol. The van der Waals surface area contributed by atoms with Crippen LogP contribution in [-0.4, -0.2) is 21.4 Å². The zero-order valence-electron chi connectivity index (χ0n) is 5.68. The average molecular weight is 245 g/mol. The molecule has 0 aliphatic heterocycles. The molecule has 0 N–H and O–H groups in total. The van der Waals surface area contributed by atoms with Crippen LogP contribution in [0.15, 0.2) is 12.5 Å². The van der Waals surface area contributed by atoms with Crippen molar-refractivity contribution in [1.82, 2.24) is 8.58 Å². The van der Waals surface area contributed by atoms with Gasteiger partial charge in [-0.05, 0) is 0 Å². The van der Waals surface area contributed by atoms with Crippen LogP contribution in [0.2, 0.25) is 0 Å². The van der Waals surface area contributed by atoms with Crippen molar-refractivity contribution in [2.75, 3.05) is 6.61 Å². The lowest BCUT2D eigenvalue weighted by molar-refractivity contribution is -0.154. The van der Waals surface area contributed by atoms with Crippen LogP contribution >= 0.6 is 16.1 Å². The van der Waals surface area contributed by atoms with Gasteiger partial charge in [0.25, 0.3) is 0 Å². The van der Waals surface area contributed by atoms with Crippen molar-refractivity contribution in [2.45, 2.75) is 6.18 Å². The van der Waals surface area contributed by atoms with E-state index in [-0.39, 0.29) is 5.88 Å². The monoisotopic (exact) mass is 244 g/mol. The highest BCUT2D eigenvalue weighted by molar-refractivity contribution is 9.08. The van der Waals surface area contributed by atoms with Crippen molar-refractivity contribution in [1.29, 1.82) is 0 Å². The molecular formula is C5H4BrF3N2O. The molecule has 3 nitrogen and oxygen atoms in total. The summed E-state index contributed by atoms with van der Waals surface area (Å²) in [5.74, 6) is -0.0656. The van der Waals surface area contributed by atoms with Crippen molar-refractivity contribution >= 4 is 16.1 Å². The Bertz CT molecular complexity index is 259. The van der Waals surface area contributed by atoms with Gasteiger partial charge in [0.15, 0.2) is 6.61 Å². The van der Waals surface area contributed by atoms with Gasteiger partial charge in [0.05, 0.1) is 22.3 Å². The van der Waals surface area contributed by atoms with Crippen molar-refractivity contribution in [2.24, 2.45) is 0 Å². The molecule has 1 aromatic rings. The molecule has 0 bridgehead atoms. The Labute approximate surface area is 74.5 Å². The summed E-state index contributed by atoms with van der Waals surface area (Å²) in [6.07, 6.45) is -1.76. The molecule has 1 aromatic heterocycles. The van der Waals surface area contributed by atoms with Crippen LogP contribution in [0.1, 0.15) is 0 Å². The number of hydrogen-bond donors (Lipinski definition) is 0. The van der Waals surface area contributed by atoms with E-state index >= 15 is 0 Å². The topological polar surface area (TPSA) is 27.1 Å². The summed E-state index contributed by atoms with van der Waals surface area (Å²) in [4.78, 5) is 3.51. The number of aromatic nitrogens is 2. The Morgan fingerprint density at radius 2 is 2.25 bits per heavy atom. The van der Waals surface area contributed by atoms with Crippen molar-refractivity contribution < 1.29 is 17.9 Å². The molecule has 12 heavy (non-hydrogen) atoms. The van der Waals surface area contributed by atoms with Crippen LogP contribution in [0.5, 0.6) is 5.88 Å². The lowest BCUT2D eigenvalue weighted by atomic mass is 10.7. The third kappa shape index (κ3) is 3.12. The van der Waals surface area contributed by atoms with Crippen molar-refractivity contribution in [3.05, 3.63) is 12.5 Å². The van der Waals surface area contributed by atoms with Crippen LogP contribution in [0.4, 0.5) is 13.2 Å². The number of halogens is 4. The smallest absolute Gasteiger partial charge is 0.422 e. The Kier molecular flexibility index (Phi) is 2.61. The molecule has 0 amide bonds. The summed E-state index contributed by atoms with van der Waals surface area (Å²) in [6, 6.07) is 0. The molecule has 0 aromatic carbocycles. The molecule has 0 saturated heterocycles. The molecule has 0 saturated carbocycles. The predicted molar refractivity (Wildman–Crippen MR) is 38.1 cm³/mol. The van der Waals surface area contributed by atoms with E-state index in [2.05, 4.69) is 25.9 Å². The summed E-state index contributed by atoms with van der Waals surface area (Å²) >= 11 is 2.95. The molecule has 0 unspecified atom stereocenters. The molecule has 0 fully saturated rings. The SMILES string of the molecule is FC(F)(F)COc1cn(Br)cn1. The van der Waals surface area contributed by atoms with E-state index < -0.39 is 12.8 Å². The summed E-state index contributed by atoms with van der Waals surface area (Å²) in [5, 5.41) is 0. The maximum atomic E-state index is 11.6. The lowest BCUT2D eigenvalue weighted by Gasteiger charge is -2.05. The minimum absolute atomic E-state index is 0.0656. The number of imidazole rings is 1. The Balaban J connectivity index is 2.44. The highest BCUT2D eigenvalue weighted by atomic mass is 79.9. The molecule has 0 aliphatic carbocycles. The minimum atomic E-state index is -4.32. The maximum absolute atomic E-state index is 11.6. The average Bonchev–Trinajstić information content (AvgIpc) is 2.30. The van der Waals surface area contributed by atoms with E-state index in [1.807, 2.05) is 0 Å². The number of rotatable bonds is 2. The maximum Gasteiger partial charge on any atom is 0.422 e. The second-order valence-electron chi connectivity index (χ2n) is 1.96. The van der Waals surface area contributed by atoms with Crippen molar-refractivity contribution in [3.8, 4) is 5.88 Å². The third-order valence-corrected chi connectivity index (χ3v) is 1.30. The third-order valence-electron chi connectivity index (χ3n) is 0.913. The van der Waals surface area contributed by atoms with E-state index in [0.717, 1.165) is 0 Å². The first-order valence-corrected chi connectivity index (χ1v) is 3.58. The van der Waals surface area contributed by atoms with Gasteiger partial charge in [-0.15, -0.1) is 0 Å². The van der Waals surface area contributed by atoms with E-state index in [9.17, 15) is 13.2 Å². The van der Waals surface area contributed by atoms with Crippen molar-refractivity contribution in [3.63, 3.8) is 0 Å². The molecule has 68 valence electrons. The van der Waals surface area contributed by atoms with Crippen LogP contribution in [0, 0.1) is 0 Å². The molecule has 0 atom stereocenters. The largest absolute Gasteiger partial charge is 0.467 e. The summed E-state index contributed by atoms with van der Waals surface area (Å²) < 4.78 is 40.4. The van der Waals surface area contributed by atoms with E-state index in [1.54, 1.807) is 0 Å². The van der Waals surface area contributed by atoms with E-state index in [1.165, 1.54) is 16.1 Å². The molecule has 0 radical (unpaired) electrons. The van der Waals surface area contributed by atoms with E-state index in [4.69, 9.17) is 0 Å². The Morgan fingerprint density at radius 3 is 2.67 bits per heavy atom. The highest BCUT2D eigenvalue weighted by Gasteiger charge is 2.28. The summed E-state index contributed by atoms with van der Waals surface area (Å²) in [7, 11) is 0. The van der Waals surface area contributed by atoms with Crippen LogP contribution in [0.25, 0.3) is 0 Å². The van der Waals surface area contributed by atoms with Gasteiger partial charge in [-0.25, -0.2) is 4.98 Å². The predicted octanol–water partition coefficient (Wildman–Crippen LogP) is 1.98. The number of ether oxygens (including phenoxy) is 1. The highest BCUT2D eigenvalue weighted by Crippen LogP contribution is 2.17. The molecule has 1 heterocycles. The van der Waals surface area contributed by atoms with Crippen LogP contribution in [0.3, 0.4) is 0 Å². The Morgan fingerprint density at radius 1 is 1.58 bits per heavy atom. The second kappa shape index (κ2) is 3.34. The van der Waals surface area contributed by atoms with Gasteiger partial charge in [0, 0.05) is 0 Å². The first-order chi connectivity index (χ1) is 5.47. The normalized spacial score (nSPS) is 11.7. The van der Waals surface area contributed by atoms with Gasteiger partial charge in [-0.3, -0.25) is 3.59 Å². The first kappa shape index (κ1) is 9.37. The molecule has 0 aliphatic rings. The fraction of sp³-hybridized carbons (Fsp3) is 0.400. The van der Waals surface area contributed by atoms with Crippen LogP contribution < -0.4 is 4.74 Å². The lowest BCUT2D eigenvalue weighted by Crippen LogP contribution is -2.19. The first-order valence-electron chi connectivity index (χ1n) is 2.87. The van der Waals surface area contributed by atoms with Gasteiger partial charge in [-0.2, -0.15) is 13.2 Å². The number of alkyl halides is 3. The minimum Gasteiger partial charge on any atom is -0.467 e. The van der Waals surface area contributed by atoms with Gasteiger partial charge in [-0.1, -0.05) is 0 Å². The fourth-order valence-electron chi connectivity index (χ4n) is 0.515. The van der Waals surface area contributed by atoms with E-state index in [0.29, 0.717) is 0 Å². The van der Waals surface area contributed by atoms with Crippen LogP contribution in [-0.2, 0) is 0 Å².